The van der Waals surface area contributed by atoms with E-state index in [9.17, 15) is 9.59 Å². The lowest BCUT2D eigenvalue weighted by Crippen LogP contribution is -2.03. The van der Waals surface area contributed by atoms with Gasteiger partial charge in [0.2, 0.25) is 5.78 Å². The minimum atomic E-state index is -0.0910. The van der Waals surface area contributed by atoms with Gasteiger partial charge in [0.25, 0.3) is 0 Å². The molecule has 0 unspecified atom stereocenters. The fourth-order valence-corrected chi connectivity index (χ4v) is 4.13. The summed E-state index contributed by atoms with van der Waals surface area (Å²) in [6.07, 6.45) is 19.0. The normalized spacial score (nSPS) is 10.6. The molecule has 0 aliphatic heterocycles. The molecule has 0 atom stereocenters. The molecule has 1 N–H and O–H groups in total. The van der Waals surface area contributed by atoms with Crippen LogP contribution in [0.15, 0.2) is 66.9 Å². The Morgan fingerprint density at radius 1 is 0.588 bits per heavy atom. The number of ketones is 2. The third kappa shape index (κ3) is 11.4. The highest BCUT2D eigenvalue weighted by atomic mass is 16.1. The molecule has 0 saturated carbocycles. The Morgan fingerprint density at radius 2 is 1.06 bits per heavy atom. The Balaban J connectivity index is 1.70. The monoisotopic (exact) mass is 461 g/mol. The van der Waals surface area contributed by atoms with Crippen molar-refractivity contribution in [1.29, 1.82) is 0 Å². The Bertz CT molecular complexity index is 883. The second-order valence-electron chi connectivity index (χ2n) is 9.18. The lowest BCUT2D eigenvalue weighted by molar-refractivity contribution is 0.0976. The average Bonchev–Trinajstić information content (AvgIpc) is 2.99. The number of carbonyl (C=O) groups is 2. The fraction of sp³-hybridized carbons (Fsp3) is 0.484. The minimum absolute atomic E-state index is 0.0910. The van der Waals surface area contributed by atoms with Crippen LogP contribution in [0.4, 0.5) is 0 Å². The number of rotatable bonds is 17. The average molecular weight is 462 g/mol. The molecule has 0 saturated heterocycles. The largest absolute Gasteiger partial charge is 0.358 e. The van der Waals surface area contributed by atoms with Crippen LogP contribution in [0.3, 0.4) is 0 Å². The first-order valence-corrected chi connectivity index (χ1v) is 13.4. The van der Waals surface area contributed by atoms with Gasteiger partial charge in [-0.3, -0.25) is 9.59 Å². The number of nitrogens with one attached hydrogen (secondary N) is 1. The molecule has 34 heavy (non-hydrogen) atoms. The van der Waals surface area contributed by atoms with Crippen molar-refractivity contribution < 1.29 is 9.59 Å². The van der Waals surface area contributed by atoms with Crippen LogP contribution in [0, 0.1) is 0 Å². The number of Topliss-reactive ketones (excluding diaryl/α,β-unsaturated/α-hetero) is 1. The molecular weight excluding hydrogens is 418 g/mol. The minimum Gasteiger partial charge on any atom is -0.358 e. The summed E-state index contributed by atoms with van der Waals surface area (Å²) in [5, 5.41) is 0. The summed E-state index contributed by atoms with van der Waals surface area (Å²) in [6, 6.07) is 18.2. The zero-order valence-electron chi connectivity index (χ0n) is 21.1. The summed E-state index contributed by atoms with van der Waals surface area (Å²) >= 11 is 0. The number of hydrogen-bond acceptors (Lipinski definition) is 2. The molecule has 1 aromatic heterocycles. The second kappa shape index (κ2) is 17.8. The van der Waals surface area contributed by atoms with Crippen LogP contribution < -0.4 is 0 Å². The molecule has 0 radical (unpaired) electrons. The van der Waals surface area contributed by atoms with E-state index in [-0.39, 0.29) is 11.6 Å². The number of aromatic nitrogens is 1. The van der Waals surface area contributed by atoms with Crippen LogP contribution in [-0.4, -0.2) is 16.6 Å². The smallest absolute Gasteiger partial charge is 0.209 e. The van der Waals surface area contributed by atoms with Crippen LogP contribution in [0.5, 0.6) is 0 Å². The number of hydrogen-bond donors (Lipinski definition) is 1. The van der Waals surface area contributed by atoms with E-state index in [1.807, 2.05) is 42.5 Å². The van der Waals surface area contributed by atoms with Crippen molar-refractivity contribution in [3.05, 3.63) is 83.7 Å². The van der Waals surface area contributed by atoms with Gasteiger partial charge in [-0.25, -0.2) is 0 Å². The number of H-pyrrole nitrogens is 1. The SMILES string of the molecule is CCCCCCCCCCCCCCCC(=O)c1cccccc(C(=O)c2ccccc2)[nH]c1. The van der Waals surface area contributed by atoms with Gasteiger partial charge in [0.05, 0.1) is 5.69 Å². The van der Waals surface area contributed by atoms with Crippen molar-refractivity contribution in [2.45, 2.75) is 96.8 Å². The lowest BCUT2D eigenvalue weighted by atomic mass is 10.0. The third-order valence-corrected chi connectivity index (χ3v) is 6.25. The van der Waals surface area contributed by atoms with E-state index in [4.69, 9.17) is 0 Å². The molecule has 0 amide bonds. The van der Waals surface area contributed by atoms with E-state index in [1.165, 1.54) is 70.6 Å². The van der Waals surface area contributed by atoms with Gasteiger partial charge in [0.1, 0.15) is 0 Å². The van der Waals surface area contributed by atoms with Gasteiger partial charge in [0, 0.05) is 23.7 Å². The summed E-state index contributed by atoms with van der Waals surface area (Å²) in [6.45, 7) is 2.27. The van der Waals surface area contributed by atoms with Crippen molar-refractivity contribution in [2.75, 3.05) is 0 Å². The molecule has 2 aromatic rings. The Kier molecular flexibility index (Phi) is 14.4. The van der Waals surface area contributed by atoms with Gasteiger partial charge < -0.3 is 4.98 Å². The summed E-state index contributed by atoms with van der Waals surface area (Å²) in [7, 11) is 0. The highest BCUT2D eigenvalue weighted by molar-refractivity contribution is 6.07. The van der Waals surface area contributed by atoms with Crippen molar-refractivity contribution in [3.8, 4) is 0 Å². The zero-order chi connectivity index (χ0) is 24.3. The van der Waals surface area contributed by atoms with Crippen molar-refractivity contribution in [2.24, 2.45) is 0 Å². The third-order valence-electron chi connectivity index (χ3n) is 6.25. The van der Waals surface area contributed by atoms with Crippen LogP contribution in [-0.2, 0) is 0 Å². The molecule has 184 valence electrons. The molecule has 0 bridgehead atoms. The number of aromatic amines is 1. The van der Waals surface area contributed by atoms with Crippen molar-refractivity contribution in [3.63, 3.8) is 0 Å². The first kappa shape index (κ1) is 27.6. The molecular formula is C31H43NO2. The molecule has 0 fully saturated rings. The maximum absolute atomic E-state index is 12.8. The van der Waals surface area contributed by atoms with Gasteiger partial charge in [-0.2, -0.15) is 0 Å². The number of unbranched alkanes of at least 4 members (excludes halogenated alkanes) is 12. The number of benzene rings is 1. The predicted octanol–water partition coefficient (Wildman–Crippen LogP) is 9.03. The fourth-order valence-electron chi connectivity index (χ4n) is 4.13. The van der Waals surface area contributed by atoms with Gasteiger partial charge in [0.15, 0.2) is 5.78 Å². The van der Waals surface area contributed by atoms with Crippen molar-refractivity contribution >= 4 is 11.6 Å². The molecule has 0 aliphatic rings. The maximum atomic E-state index is 12.8. The zero-order valence-corrected chi connectivity index (χ0v) is 21.1. The highest BCUT2D eigenvalue weighted by Gasteiger charge is 2.08. The van der Waals surface area contributed by atoms with E-state index >= 15 is 0 Å². The topological polar surface area (TPSA) is 49.9 Å². The van der Waals surface area contributed by atoms with Gasteiger partial charge in [-0.1, -0.05) is 133 Å². The highest BCUT2D eigenvalue weighted by Crippen LogP contribution is 2.14. The van der Waals surface area contributed by atoms with Crippen LogP contribution in [0.25, 0.3) is 0 Å². The molecule has 1 aromatic carbocycles. The summed E-state index contributed by atoms with van der Waals surface area (Å²) in [5.41, 5.74) is 1.68. The van der Waals surface area contributed by atoms with E-state index in [1.54, 1.807) is 24.4 Å². The summed E-state index contributed by atoms with van der Waals surface area (Å²) in [5.74, 6) is 0.0281. The Morgan fingerprint density at radius 3 is 1.62 bits per heavy atom. The first-order valence-electron chi connectivity index (χ1n) is 13.4. The summed E-state index contributed by atoms with van der Waals surface area (Å²) < 4.78 is 0. The van der Waals surface area contributed by atoms with Crippen LogP contribution in [0.2, 0.25) is 0 Å². The predicted molar refractivity (Wildman–Crippen MR) is 143 cm³/mol. The van der Waals surface area contributed by atoms with Gasteiger partial charge >= 0.3 is 0 Å². The van der Waals surface area contributed by atoms with E-state index < -0.39 is 0 Å². The summed E-state index contributed by atoms with van der Waals surface area (Å²) in [4.78, 5) is 28.6. The van der Waals surface area contributed by atoms with Crippen LogP contribution >= 0.6 is 0 Å². The lowest BCUT2D eigenvalue weighted by Gasteiger charge is -2.03. The Labute approximate surface area is 206 Å². The number of carbonyl (C=O) groups excluding carboxylic acids is 2. The first-order chi connectivity index (χ1) is 16.7. The molecule has 2 rings (SSSR count). The molecule has 1 heterocycles. The van der Waals surface area contributed by atoms with Crippen LogP contribution in [0.1, 0.15) is 123 Å². The van der Waals surface area contributed by atoms with E-state index in [2.05, 4.69) is 11.9 Å². The molecule has 3 heteroatoms. The second-order valence-corrected chi connectivity index (χ2v) is 9.18. The standard InChI is InChI=1S/C31H43NO2/c1-2-3-4-5-6-7-8-9-10-11-12-13-20-25-30(33)28-23-18-15-19-24-29(32-26-28)31(34)27-21-16-14-17-22-27/h14-19,21-24,26,32H,2-13,20,25H2,1H3. The maximum Gasteiger partial charge on any atom is 0.209 e. The molecule has 3 nitrogen and oxygen atoms in total. The molecule has 0 aliphatic carbocycles. The van der Waals surface area contributed by atoms with E-state index in [0.717, 1.165) is 12.8 Å². The Hall–Kier alpha value is -2.68. The van der Waals surface area contributed by atoms with Crippen molar-refractivity contribution in [1.82, 2.24) is 4.98 Å². The van der Waals surface area contributed by atoms with Gasteiger partial charge in [-0.15, -0.1) is 0 Å². The van der Waals surface area contributed by atoms with E-state index in [0.29, 0.717) is 23.2 Å². The molecule has 0 spiro atoms. The van der Waals surface area contributed by atoms with Gasteiger partial charge in [-0.05, 0) is 18.6 Å². The quantitative estimate of drug-likeness (QED) is 0.189.